The van der Waals surface area contributed by atoms with Gasteiger partial charge >= 0.3 is 0 Å². The highest BCUT2D eigenvalue weighted by Gasteiger charge is 2.69. The van der Waals surface area contributed by atoms with Crippen LogP contribution in [0.15, 0.2) is 54.6 Å². The van der Waals surface area contributed by atoms with Gasteiger partial charge in [-0.15, -0.1) is 0 Å². The van der Waals surface area contributed by atoms with Crippen LogP contribution >= 0.6 is 11.6 Å². The van der Waals surface area contributed by atoms with Crippen LogP contribution in [0, 0.1) is 0 Å². The molecule has 0 spiro atoms. The quantitative estimate of drug-likeness (QED) is 0.714. The molecule has 0 unspecified atom stereocenters. The minimum absolute atomic E-state index is 0.0138. The molecule has 146 valence electrons. The molecule has 3 saturated carbocycles. The average molecular weight is 401 g/mol. The second-order valence-electron chi connectivity index (χ2n) is 7.53. The summed E-state index contributed by atoms with van der Waals surface area (Å²) in [6, 6.07) is 16.1. The maximum absolute atomic E-state index is 12.1. The predicted octanol–water partition coefficient (Wildman–Crippen LogP) is 2.71. The lowest BCUT2D eigenvalue weighted by Gasteiger charge is -2.70. The fourth-order valence-corrected chi connectivity index (χ4v) is 4.19. The molecule has 3 aliphatic rings. The SMILES string of the molecule is O=C(COc1ccccc1)NC12CC(NC(=O)COc3ccc(Cl)cc3)(C1)C2. The van der Waals surface area contributed by atoms with Crippen molar-refractivity contribution in [2.45, 2.75) is 30.3 Å². The number of carbonyl (C=O) groups excluding carboxylic acids is 2. The van der Waals surface area contributed by atoms with E-state index in [0.717, 1.165) is 19.3 Å². The first kappa shape index (κ1) is 18.6. The summed E-state index contributed by atoms with van der Waals surface area (Å²) in [5, 5.41) is 6.67. The van der Waals surface area contributed by atoms with Crippen molar-refractivity contribution in [1.82, 2.24) is 10.6 Å². The van der Waals surface area contributed by atoms with Crippen molar-refractivity contribution in [1.29, 1.82) is 0 Å². The molecule has 7 heteroatoms. The van der Waals surface area contributed by atoms with Gasteiger partial charge in [-0.25, -0.2) is 0 Å². The second kappa shape index (κ2) is 7.36. The minimum atomic E-state index is -0.214. The van der Waals surface area contributed by atoms with Crippen LogP contribution in [0.5, 0.6) is 11.5 Å². The van der Waals surface area contributed by atoms with Crippen LogP contribution in [-0.2, 0) is 9.59 Å². The molecule has 28 heavy (non-hydrogen) atoms. The van der Waals surface area contributed by atoms with E-state index < -0.39 is 0 Å². The Balaban J connectivity index is 1.16. The Morgan fingerprint density at radius 3 is 1.75 bits per heavy atom. The zero-order valence-corrected chi connectivity index (χ0v) is 16.0. The molecule has 6 nitrogen and oxygen atoms in total. The molecule has 0 atom stereocenters. The standard InChI is InChI=1S/C21H21ClN2O4/c22-15-6-8-17(9-7-15)28-11-19(26)24-21-12-20(13-21,14-21)23-18(25)10-27-16-4-2-1-3-5-16/h1-9H,10-14H2,(H,23,25)(H,24,26). The van der Waals surface area contributed by atoms with Crippen LogP contribution in [0.25, 0.3) is 0 Å². The van der Waals surface area contributed by atoms with Gasteiger partial charge in [0.25, 0.3) is 11.8 Å². The average Bonchev–Trinajstić information content (AvgIpc) is 2.64. The third kappa shape index (κ3) is 4.07. The normalized spacial score (nSPS) is 24.3. The summed E-state index contributed by atoms with van der Waals surface area (Å²) >= 11 is 5.82. The molecule has 0 saturated heterocycles. The fourth-order valence-electron chi connectivity index (χ4n) is 4.06. The Hall–Kier alpha value is -2.73. The summed E-state index contributed by atoms with van der Waals surface area (Å²) < 4.78 is 10.9. The van der Waals surface area contributed by atoms with Crippen molar-refractivity contribution in [2.24, 2.45) is 0 Å². The Labute approximate surface area is 168 Å². The Kier molecular flexibility index (Phi) is 4.89. The van der Waals surface area contributed by atoms with Crippen LogP contribution in [0.4, 0.5) is 0 Å². The second-order valence-corrected chi connectivity index (χ2v) is 7.97. The molecule has 3 fully saturated rings. The third-order valence-corrected chi connectivity index (χ3v) is 5.39. The monoisotopic (exact) mass is 400 g/mol. The lowest BCUT2D eigenvalue weighted by atomic mass is 9.44. The van der Waals surface area contributed by atoms with Crippen molar-refractivity contribution in [3.05, 3.63) is 59.6 Å². The zero-order valence-electron chi connectivity index (χ0n) is 15.2. The Bertz CT molecular complexity index is 850. The summed E-state index contributed by atoms with van der Waals surface area (Å²) in [4.78, 5) is 24.2. The summed E-state index contributed by atoms with van der Waals surface area (Å²) in [6.45, 7) is -0.0618. The van der Waals surface area contributed by atoms with Crippen LogP contribution in [0.2, 0.25) is 5.02 Å². The van der Waals surface area contributed by atoms with Crippen molar-refractivity contribution in [3.8, 4) is 11.5 Å². The molecule has 5 rings (SSSR count). The summed E-state index contributed by atoms with van der Waals surface area (Å²) in [6.07, 6.45) is 2.22. The summed E-state index contributed by atoms with van der Waals surface area (Å²) in [5.41, 5.74) is -0.421. The van der Waals surface area contributed by atoms with Crippen molar-refractivity contribution >= 4 is 23.4 Å². The van der Waals surface area contributed by atoms with Crippen molar-refractivity contribution < 1.29 is 19.1 Å². The van der Waals surface area contributed by atoms with Crippen molar-refractivity contribution in [3.63, 3.8) is 0 Å². The molecule has 2 N–H and O–H groups in total. The van der Waals surface area contributed by atoms with Gasteiger partial charge in [0, 0.05) is 16.1 Å². The van der Waals surface area contributed by atoms with Gasteiger partial charge in [0.1, 0.15) is 11.5 Å². The van der Waals surface area contributed by atoms with Gasteiger partial charge in [-0.1, -0.05) is 29.8 Å². The van der Waals surface area contributed by atoms with Gasteiger partial charge in [0.15, 0.2) is 13.2 Å². The maximum atomic E-state index is 12.1. The number of nitrogens with one attached hydrogen (secondary N) is 2. The highest BCUT2D eigenvalue weighted by Crippen LogP contribution is 2.60. The largest absolute Gasteiger partial charge is 0.484 e. The zero-order chi connectivity index (χ0) is 19.6. The third-order valence-electron chi connectivity index (χ3n) is 5.14. The number of amides is 2. The first-order valence-corrected chi connectivity index (χ1v) is 9.52. The first-order valence-electron chi connectivity index (χ1n) is 9.14. The molecule has 2 bridgehead atoms. The van der Waals surface area contributed by atoms with E-state index in [2.05, 4.69) is 10.6 Å². The lowest BCUT2D eigenvalue weighted by Crippen LogP contribution is -2.84. The molecule has 0 aromatic heterocycles. The molecule has 0 radical (unpaired) electrons. The predicted molar refractivity (Wildman–Crippen MR) is 104 cm³/mol. The summed E-state index contributed by atoms with van der Waals surface area (Å²) in [5.74, 6) is 0.954. The number of hydrogen-bond acceptors (Lipinski definition) is 4. The van der Waals surface area contributed by atoms with E-state index in [1.54, 1.807) is 24.3 Å². The molecule has 2 aromatic carbocycles. The van der Waals surface area contributed by atoms with Crippen LogP contribution in [0.1, 0.15) is 19.3 Å². The number of hydrogen-bond donors (Lipinski definition) is 2. The Morgan fingerprint density at radius 1 is 0.786 bits per heavy atom. The number of para-hydroxylation sites is 1. The van der Waals surface area contributed by atoms with E-state index in [4.69, 9.17) is 21.1 Å². The van der Waals surface area contributed by atoms with Gasteiger partial charge in [0.05, 0.1) is 0 Å². The van der Waals surface area contributed by atoms with Crippen LogP contribution in [0.3, 0.4) is 0 Å². The molecular formula is C21H21ClN2O4. The van der Waals surface area contributed by atoms with Gasteiger partial charge in [-0.2, -0.15) is 0 Å². The lowest BCUT2D eigenvalue weighted by molar-refractivity contribution is -0.151. The number of benzene rings is 2. The van der Waals surface area contributed by atoms with Crippen LogP contribution in [-0.4, -0.2) is 36.1 Å². The van der Waals surface area contributed by atoms with Gasteiger partial charge in [0.2, 0.25) is 0 Å². The van der Waals surface area contributed by atoms with Gasteiger partial charge in [-0.05, 0) is 55.7 Å². The number of carbonyl (C=O) groups is 2. The van der Waals surface area contributed by atoms with E-state index >= 15 is 0 Å². The number of halogens is 1. The number of rotatable bonds is 8. The molecule has 2 aromatic rings. The van der Waals surface area contributed by atoms with E-state index in [1.807, 2.05) is 30.3 Å². The fraction of sp³-hybridized carbons (Fsp3) is 0.333. The minimum Gasteiger partial charge on any atom is -0.484 e. The molecule has 2 amide bonds. The first-order chi connectivity index (χ1) is 13.5. The topological polar surface area (TPSA) is 76.7 Å². The highest BCUT2D eigenvalue weighted by atomic mass is 35.5. The van der Waals surface area contributed by atoms with Crippen molar-refractivity contribution in [2.75, 3.05) is 13.2 Å². The van der Waals surface area contributed by atoms with Crippen LogP contribution < -0.4 is 20.1 Å². The van der Waals surface area contributed by atoms with E-state index in [1.165, 1.54) is 0 Å². The number of ether oxygens (including phenoxy) is 2. The molecular weight excluding hydrogens is 380 g/mol. The summed E-state index contributed by atoms with van der Waals surface area (Å²) in [7, 11) is 0. The maximum Gasteiger partial charge on any atom is 0.258 e. The van der Waals surface area contributed by atoms with E-state index in [9.17, 15) is 9.59 Å². The highest BCUT2D eigenvalue weighted by molar-refractivity contribution is 6.30. The van der Waals surface area contributed by atoms with Gasteiger partial charge in [-0.3, -0.25) is 9.59 Å². The Morgan fingerprint density at radius 2 is 1.25 bits per heavy atom. The molecule has 0 aliphatic heterocycles. The molecule has 3 aliphatic carbocycles. The molecule has 0 heterocycles. The van der Waals surface area contributed by atoms with E-state index in [0.29, 0.717) is 16.5 Å². The van der Waals surface area contributed by atoms with Gasteiger partial charge < -0.3 is 20.1 Å². The smallest absolute Gasteiger partial charge is 0.258 e. The van der Waals surface area contributed by atoms with E-state index in [-0.39, 0.29) is 36.1 Å².